The van der Waals surface area contributed by atoms with Crippen LogP contribution in [-0.2, 0) is 14.4 Å². The molecule has 0 radical (unpaired) electrons. The lowest BCUT2D eigenvalue weighted by atomic mass is 10.1. The molecule has 1 heterocycles. The second kappa shape index (κ2) is 5.25. The molecule has 0 spiro atoms. The van der Waals surface area contributed by atoms with Crippen LogP contribution in [0.5, 0.6) is 0 Å². The second-order valence-electron chi connectivity index (χ2n) is 4.56. The van der Waals surface area contributed by atoms with E-state index < -0.39 is 23.6 Å². The van der Waals surface area contributed by atoms with E-state index in [9.17, 15) is 19.2 Å². The van der Waals surface area contributed by atoms with Crippen molar-refractivity contribution in [1.82, 2.24) is 0 Å². The molecular formula is C16H10N2O4. The molecule has 0 aliphatic carbocycles. The Morgan fingerprint density at radius 2 is 0.909 bits per heavy atom. The fourth-order valence-electron chi connectivity index (χ4n) is 2.18. The fourth-order valence-corrected chi connectivity index (χ4v) is 2.18. The number of rotatable bonds is 2. The predicted molar refractivity (Wildman–Crippen MR) is 78.3 cm³/mol. The SMILES string of the molecule is O=C1C(=O)N(c2ccccc2)C(=O)N(c2ccccc2)C1=O. The van der Waals surface area contributed by atoms with Crippen molar-refractivity contribution in [3.05, 3.63) is 60.7 Å². The summed E-state index contributed by atoms with van der Waals surface area (Å²) in [6.45, 7) is 0. The monoisotopic (exact) mass is 294 g/mol. The van der Waals surface area contributed by atoms with Gasteiger partial charge < -0.3 is 0 Å². The minimum Gasteiger partial charge on any atom is -0.277 e. The van der Waals surface area contributed by atoms with Gasteiger partial charge in [0.2, 0.25) is 0 Å². The molecule has 6 nitrogen and oxygen atoms in total. The largest absolute Gasteiger partial charge is 0.343 e. The Hall–Kier alpha value is -3.28. The molecule has 1 aliphatic heterocycles. The molecule has 22 heavy (non-hydrogen) atoms. The van der Waals surface area contributed by atoms with Crippen LogP contribution in [0.3, 0.4) is 0 Å². The standard InChI is InChI=1S/C16H10N2O4/c19-13-14(20)17(11-7-3-1-4-8-11)16(22)18(15(13)21)12-9-5-2-6-10-12/h1-10H. The number of urea groups is 1. The maximum Gasteiger partial charge on any atom is 0.343 e. The number of anilines is 2. The van der Waals surface area contributed by atoms with Gasteiger partial charge in [-0.15, -0.1) is 0 Å². The third-order valence-electron chi connectivity index (χ3n) is 3.21. The van der Waals surface area contributed by atoms with Crippen LogP contribution in [0.15, 0.2) is 60.7 Å². The zero-order valence-electron chi connectivity index (χ0n) is 11.3. The van der Waals surface area contributed by atoms with Gasteiger partial charge in [-0.2, -0.15) is 0 Å². The van der Waals surface area contributed by atoms with E-state index in [-0.39, 0.29) is 11.4 Å². The van der Waals surface area contributed by atoms with E-state index in [4.69, 9.17) is 0 Å². The van der Waals surface area contributed by atoms with E-state index in [1.165, 1.54) is 24.3 Å². The van der Waals surface area contributed by atoms with Crippen molar-refractivity contribution in [2.75, 3.05) is 9.80 Å². The van der Waals surface area contributed by atoms with Crippen molar-refractivity contribution < 1.29 is 19.2 Å². The molecule has 1 fully saturated rings. The van der Waals surface area contributed by atoms with Gasteiger partial charge in [0.25, 0.3) is 0 Å². The molecule has 0 aromatic heterocycles. The Labute approximate surface area is 125 Å². The number of carbonyl (C=O) groups excluding carboxylic acids is 4. The van der Waals surface area contributed by atoms with Crippen LogP contribution in [0, 0.1) is 0 Å². The molecule has 0 unspecified atom stereocenters. The van der Waals surface area contributed by atoms with Crippen LogP contribution in [0.2, 0.25) is 0 Å². The number of hydrogen-bond donors (Lipinski definition) is 0. The van der Waals surface area contributed by atoms with Crippen LogP contribution in [0.1, 0.15) is 0 Å². The van der Waals surface area contributed by atoms with Gasteiger partial charge in [-0.3, -0.25) is 14.4 Å². The minimum atomic E-state index is -1.24. The van der Waals surface area contributed by atoms with Crippen molar-refractivity contribution in [2.24, 2.45) is 0 Å². The molecule has 0 N–H and O–H groups in total. The first-order chi connectivity index (χ1) is 10.6. The summed E-state index contributed by atoms with van der Waals surface area (Å²) in [5.41, 5.74) is 0.471. The number of para-hydroxylation sites is 2. The molecule has 108 valence electrons. The summed E-state index contributed by atoms with van der Waals surface area (Å²) in [6, 6.07) is 15.1. The number of carbonyl (C=O) groups is 4. The van der Waals surface area contributed by atoms with Gasteiger partial charge in [-0.1, -0.05) is 36.4 Å². The van der Waals surface area contributed by atoms with Crippen molar-refractivity contribution in [3.8, 4) is 0 Å². The summed E-state index contributed by atoms with van der Waals surface area (Å²) >= 11 is 0. The predicted octanol–water partition coefficient (Wildman–Crippen LogP) is 1.76. The lowest BCUT2D eigenvalue weighted by Gasteiger charge is -2.31. The van der Waals surface area contributed by atoms with Gasteiger partial charge in [0.15, 0.2) is 0 Å². The van der Waals surface area contributed by atoms with Gasteiger partial charge in [0.1, 0.15) is 0 Å². The third kappa shape index (κ3) is 2.07. The number of ketones is 1. The van der Waals surface area contributed by atoms with Crippen molar-refractivity contribution in [1.29, 1.82) is 0 Å². The third-order valence-corrected chi connectivity index (χ3v) is 3.21. The Morgan fingerprint density at radius 1 is 0.545 bits per heavy atom. The van der Waals surface area contributed by atoms with E-state index in [1.807, 2.05) is 0 Å². The summed E-state index contributed by atoms with van der Waals surface area (Å²) in [5, 5.41) is 0. The summed E-state index contributed by atoms with van der Waals surface area (Å²) in [7, 11) is 0. The summed E-state index contributed by atoms with van der Waals surface area (Å²) in [6.07, 6.45) is 0. The lowest BCUT2D eigenvalue weighted by molar-refractivity contribution is -0.143. The Morgan fingerprint density at radius 3 is 1.27 bits per heavy atom. The summed E-state index contributed by atoms with van der Waals surface area (Å²) in [4.78, 5) is 49.9. The highest BCUT2D eigenvalue weighted by Gasteiger charge is 2.46. The van der Waals surface area contributed by atoms with E-state index in [0.29, 0.717) is 9.80 Å². The number of barbiturate groups is 1. The lowest BCUT2D eigenvalue weighted by Crippen LogP contribution is -2.61. The van der Waals surface area contributed by atoms with Crippen LogP contribution in [0.25, 0.3) is 0 Å². The average Bonchev–Trinajstić information content (AvgIpc) is 2.55. The fraction of sp³-hybridized carbons (Fsp3) is 0. The number of imide groups is 2. The smallest absolute Gasteiger partial charge is 0.277 e. The molecule has 6 heteroatoms. The van der Waals surface area contributed by atoms with Crippen molar-refractivity contribution in [2.45, 2.75) is 0 Å². The topological polar surface area (TPSA) is 74.8 Å². The first-order valence-corrected chi connectivity index (χ1v) is 6.48. The quantitative estimate of drug-likeness (QED) is 0.791. The van der Waals surface area contributed by atoms with Gasteiger partial charge in [0, 0.05) is 0 Å². The molecule has 2 aromatic carbocycles. The second-order valence-corrected chi connectivity index (χ2v) is 4.56. The van der Waals surface area contributed by atoms with E-state index in [0.717, 1.165) is 0 Å². The molecule has 0 bridgehead atoms. The Balaban J connectivity index is 2.09. The van der Waals surface area contributed by atoms with Crippen LogP contribution >= 0.6 is 0 Å². The Bertz CT molecular complexity index is 708. The molecule has 0 saturated carbocycles. The highest BCUT2D eigenvalue weighted by Crippen LogP contribution is 2.24. The Kier molecular flexibility index (Phi) is 3.27. The molecule has 3 rings (SSSR count). The highest BCUT2D eigenvalue weighted by atomic mass is 16.2. The number of hydrogen-bond acceptors (Lipinski definition) is 4. The summed E-state index contributed by atoms with van der Waals surface area (Å²) < 4.78 is 0. The molecule has 4 amide bonds. The molecule has 1 aliphatic rings. The van der Waals surface area contributed by atoms with E-state index in [1.54, 1.807) is 36.4 Å². The van der Waals surface area contributed by atoms with Crippen molar-refractivity contribution >= 4 is 35.0 Å². The molecule has 2 aromatic rings. The average molecular weight is 294 g/mol. The van der Waals surface area contributed by atoms with Gasteiger partial charge in [0.05, 0.1) is 11.4 Å². The van der Waals surface area contributed by atoms with Gasteiger partial charge in [-0.25, -0.2) is 14.6 Å². The first kappa shape index (κ1) is 13.7. The molecule has 0 atom stereocenters. The van der Waals surface area contributed by atoms with E-state index >= 15 is 0 Å². The number of benzene rings is 2. The normalized spacial score (nSPS) is 15.5. The van der Waals surface area contributed by atoms with Crippen LogP contribution in [-0.4, -0.2) is 23.6 Å². The maximum atomic E-state index is 12.6. The maximum absolute atomic E-state index is 12.6. The number of amides is 4. The zero-order chi connectivity index (χ0) is 15.7. The van der Waals surface area contributed by atoms with Gasteiger partial charge in [-0.05, 0) is 24.3 Å². The molecular weight excluding hydrogens is 284 g/mol. The zero-order valence-corrected chi connectivity index (χ0v) is 11.3. The van der Waals surface area contributed by atoms with E-state index in [2.05, 4.69) is 0 Å². The van der Waals surface area contributed by atoms with Crippen molar-refractivity contribution in [3.63, 3.8) is 0 Å². The van der Waals surface area contributed by atoms with Crippen LogP contribution < -0.4 is 9.80 Å². The highest BCUT2D eigenvalue weighted by molar-refractivity contribution is 6.74. The molecule has 1 saturated heterocycles. The number of nitrogens with zero attached hydrogens (tertiary/aromatic N) is 2. The first-order valence-electron chi connectivity index (χ1n) is 6.48. The van der Waals surface area contributed by atoms with Crippen LogP contribution in [0.4, 0.5) is 16.2 Å². The minimum absolute atomic E-state index is 0.235. The summed E-state index contributed by atoms with van der Waals surface area (Å²) in [5.74, 6) is -3.53. The number of Topliss-reactive ketones (excluding diaryl/α,β-unsaturated/α-hetero) is 1. The van der Waals surface area contributed by atoms with Gasteiger partial charge >= 0.3 is 23.6 Å².